The monoisotopic (exact) mass is 340 g/mol. The molecule has 0 fully saturated rings. The van der Waals surface area contributed by atoms with Gasteiger partial charge < -0.3 is 14.9 Å². The van der Waals surface area contributed by atoms with E-state index in [9.17, 15) is 10.2 Å². The lowest BCUT2D eigenvalue weighted by Gasteiger charge is -2.24. The number of alkyl halides is 1. The van der Waals surface area contributed by atoms with Crippen molar-refractivity contribution in [3.8, 4) is 23.0 Å². The Hall–Kier alpha value is -2.39. The van der Waals surface area contributed by atoms with E-state index in [4.69, 9.17) is 16.3 Å². The van der Waals surface area contributed by atoms with Crippen LogP contribution in [0.25, 0.3) is 10.8 Å². The molecule has 1 atom stereocenters. The van der Waals surface area contributed by atoms with E-state index >= 15 is 0 Å². The van der Waals surface area contributed by atoms with Crippen LogP contribution in [0.5, 0.6) is 23.0 Å². The molecule has 3 aromatic carbocycles. The molecule has 0 aliphatic heterocycles. The molecule has 122 valence electrons. The normalized spacial score (nSPS) is 16.8. The van der Waals surface area contributed by atoms with E-state index < -0.39 is 0 Å². The minimum Gasteiger partial charge on any atom is -0.507 e. The molecule has 3 aromatic rings. The lowest BCUT2D eigenvalue weighted by Crippen LogP contribution is -2.14. The smallest absolute Gasteiger partial charge is 0.139 e. The zero-order valence-electron chi connectivity index (χ0n) is 13.0. The van der Waals surface area contributed by atoms with Crippen molar-refractivity contribution in [3.05, 3.63) is 59.7 Å². The zero-order chi connectivity index (χ0) is 16.7. The van der Waals surface area contributed by atoms with Gasteiger partial charge in [-0.3, -0.25) is 0 Å². The number of halogens is 1. The molecule has 0 aromatic heterocycles. The summed E-state index contributed by atoms with van der Waals surface area (Å²) in [6.07, 6.45) is 2.00. The fraction of sp³-hybridized carbons (Fsp3) is 0.200. The van der Waals surface area contributed by atoms with E-state index in [0.717, 1.165) is 17.5 Å². The molecule has 1 aliphatic rings. The number of ether oxygens (including phenoxy) is 1. The van der Waals surface area contributed by atoms with Crippen molar-refractivity contribution in [1.29, 1.82) is 0 Å². The summed E-state index contributed by atoms with van der Waals surface area (Å²) in [4.78, 5) is 0. The van der Waals surface area contributed by atoms with Crippen LogP contribution in [0.4, 0.5) is 0 Å². The molecular weight excluding hydrogens is 324 g/mol. The lowest BCUT2D eigenvalue weighted by atomic mass is 9.87. The summed E-state index contributed by atoms with van der Waals surface area (Å²) in [6.45, 7) is 0. The van der Waals surface area contributed by atoms with E-state index in [1.54, 1.807) is 12.1 Å². The number of phenols is 2. The molecule has 1 aliphatic carbocycles. The summed E-state index contributed by atoms with van der Waals surface area (Å²) in [7, 11) is 0. The summed E-state index contributed by atoms with van der Waals surface area (Å²) in [5.74, 6) is 1.60. The molecule has 0 spiro atoms. The average molecular weight is 341 g/mol. The fourth-order valence-corrected chi connectivity index (χ4v) is 3.65. The van der Waals surface area contributed by atoms with Crippen LogP contribution >= 0.6 is 11.6 Å². The van der Waals surface area contributed by atoms with Crippen molar-refractivity contribution in [2.45, 2.75) is 24.6 Å². The van der Waals surface area contributed by atoms with Gasteiger partial charge in [-0.25, -0.2) is 0 Å². The number of benzene rings is 3. The quantitative estimate of drug-likeness (QED) is 0.501. The van der Waals surface area contributed by atoms with Gasteiger partial charge in [0.15, 0.2) is 0 Å². The Kier molecular flexibility index (Phi) is 3.73. The van der Waals surface area contributed by atoms with Gasteiger partial charge in [0.1, 0.15) is 23.0 Å². The Morgan fingerprint density at radius 1 is 0.917 bits per heavy atom. The molecule has 4 rings (SSSR count). The number of hydrogen-bond acceptors (Lipinski definition) is 3. The number of hydrogen-bond donors (Lipinski definition) is 2. The third-order valence-electron chi connectivity index (χ3n) is 4.56. The van der Waals surface area contributed by atoms with E-state index in [2.05, 4.69) is 0 Å². The SMILES string of the molecule is Oc1c2c(c(O)c3c(Oc4ccccc4)cccc13)CCC(Cl)C2. The van der Waals surface area contributed by atoms with E-state index in [1.807, 2.05) is 36.4 Å². The zero-order valence-corrected chi connectivity index (χ0v) is 13.8. The Morgan fingerprint density at radius 2 is 1.71 bits per heavy atom. The van der Waals surface area contributed by atoms with Crippen LogP contribution in [-0.4, -0.2) is 15.6 Å². The first kappa shape index (κ1) is 15.2. The summed E-state index contributed by atoms with van der Waals surface area (Å²) in [5, 5.41) is 22.7. The van der Waals surface area contributed by atoms with Crippen LogP contribution in [-0.2, 0) is 12.8 Å². The van der Waals surface area contributed by atoms with Gasteiger partial charge in [-0.15, -0.1) is 11.6 Å². The largest absolute Gasteiger partial charge is 0.507 e. The molecule has 24 heavy (non-hydrogen) atoms. The molecule has 4 heteroatoms. The van der Waals surface area contributed by atoms with Crippen molar-refractivity contribution in [1.82, 2.24) is 0 Å². The van der Waals surface area contributed by atoms with Gasteiger partial charge in [-0.05, 0) is 37.5 Å². The molecule has 0 bridgehead atoms. The fourth-order valence-electron chi connectivity index (χ4n) is 3.39. The van der Waals surface area contributed by atoms with Crippen molar-refractivity contribution < 1.29 is 14.9 Å². The second-order valence-corrected chi connectivity index (χ2v) is 6.71. The summed E-state index contributed by atoms with van der Waals surface area (Å²) >= 11 is 6.24. The van der Waals surface area contributed by atoms with Gasteiger partial charge in [-0.1, -0.05) is 30.3 Å². The minimum atomic E-state index is -0.0102. The minimum absolute atomic E-state index is 0.0102. The molecule has 0 amide bonds. The predicted octanol–water partition coefficient (Wildman–Crippen LogP) is 5.14. The van der Waals surface area contributed by atoms with Gasteiger partial charge in [0, 0.05) is 21.9 Å². The van der Waals surface area contributed by atoms with Crippen LogP contribution in [0.15, 0.2) is 48.5 Å². The Morgan fingerprint density at radius 3 is 2.50 bits per heavy atom. The highest BCUT2D eigenvalue weighted by Gasteiger charge is 2.26. The first-order chi connectivity index (χ1) is 11.6. The second-order valence-electron chi connectivity index (χ2n) is 6.09. The number of para-hydroxylation sites is 1. The van der Waals surface area contributed by atoms with Crippen molar-refractivity contribution >= 4 is 22.4 Å². The topological polar surface area (TPSA) is 49.7 Å². The van der Waals surface area contributed by atoms with E-state index in [1.165, 1.54) is 0 Å². The molecule has 1 unspecified atom stereocenters. The molecule has 2 N–H and O–H groups in total. The number of phenolic OH excluding ortho intramolecular Hbond substituents is 2. The highest BCUT2D eigenvalue weighted by Crippen LogP contribution is 2.47. The van der Waals surface area contributed by atoms with Crippen molar-refractivity contribution in [2.75, 3.05) is 0 Å². The summed E-state index contributed by atoms with van der Waals surface area (Å²) < 4.78 is 5.94. The maximum atomic E-state index is 10.8. The van der Waals surface area contributed by atoms with Gasteiger partial charge in [0.25, 0.3) is 0 Å². The van der Waals surface area contributed by atoms with Crippen LogP contribution in [0.3, 0.4) is 0 Å². The van der Waals surface area contributed by atoms with Gasteiger partial charge in [0.2, 0.25) is 0 Å². The van der Waals surface area contributed by atoms with Crippen LogP contribution in [0.2, 0.25) is 0 Å². The van der Waals surface area contributed by atoms with E-state index in [0.29, 0.717) is 35.1 Å². The van der Waals surface area contributed by atoms with Crippen LogP contribution < -0.4 is 4.74 Å². The lowest BCUT2D eigenvalue weighted by molar-refractivity contribution is 0.444. The molecular formula is C20H17ClO3. The molecule has 0 radical (unpaired) electrons. The van der Waals surface area contributed by atoms with E-state index in [-0.39, 0.29) is 16.9 Å². The Bertz CT molecular complexity index is 906. The van der Waals surface area contributed by atoms with Crippen molar-refractivity contribution in [2.24, 2.45) is 0 Å². The maximum Gasteiger partial charge on any atom is 0.139 e. The number of rotatable bonds is 2. The number of aromatic hydroxyl groups is 2. The summed E-state index contributed by atoms with van der Waals surface area (Å²) in [6, 6.07) is 14.8. The Balaban J connectivity index is 1.92. The van der Waals surface area contributed by atoms with Gasteiger partial charge in [0.05, 0.1) is 5.39 Å². The van der Waals surface area contributed by atoms with Crippen LogP contribution in [0, 0.1) is 0 Å². The number of fused-ring (bicyclic) bond motifs is 2. The third kappa shape index (κ3) is 2.45. The van der Waals surface area contributed by atoms with Crippen LogP contribution in [0.1, 0.15) is 17.5 Å². The average Bonchev–Trinajstić information content (AvgIpc) is 2.60. The standard InChI is InChI=1S/C20H17ClO3/c21-12-9-10-14-16(11-12)19(22)15-7-4-8-17(18(15)20(14)23)24-13-5-2-1-3-6-13/h1-8,12,22-23H,9-11H2. The highest BCUT2D eigenvalue weighted by atomic mass is 35.5. The molecule has 3 nitrogen and oxygen atoms in total. The third-order valence-corrected chi connectivity index (χ3v) is 4.93. The molecule has 0 heterocycles. The highest BCUT2D eigenvalue weighted by molar-refractivity contribution is 6.21. The van der Waals surface area contributed by atoms with Crippen molar-refractivity contribution in [3.63, 3.8) is 0 Å². The first-order valence-corrected chi connectivity index (χ1v) is 8.44. The first-order valence-electron chi connectivity index (χ1n) is 8.00. The second kappa shape index (κ2) is 5.91. The predicted molar refractivity (Wildman–Crippen MR) is 95.5 cm³/mol. The molecule has 0 saturated heterocycles. The Labute approximate surface area is 145 Å². The summed E-state index contributed by atoms with van der Waals surface area (Å²) in [5.41, 5.74) is 1.53. The molecule has 0 saturated carbocycles. The van der Waals surface area contributed by atoms with Gasteiger partial charge in [-0.2, -0.15) is 0 Å². The maximum absolute atomic E-state index is 10.8. The van der Waals surface area contributed by atoms with Gasteiger partial charge >= 0.3 is 0 Å².